The van der Waals surface area contributed by atoms with E-state index in [1.807, 2.05) is 0 Å². The molecule has 2 saturated carbocycles. The smallest absolute Gasteiger partial charge is 0.410 e. The number of nitrogens with zero attached hydrogens (tertiary/aromatic N) is 3. The van der Waals surface area contributed by atoms with E-state index in [1.54, 1.807) is 32.6 Å². The highest BCUT2D eigenvalue weighted by atomic mass is 19.4. The molecule has 50 heavy (non-hydrogen) atoms. The maximum atomic E-state index is 14.4. The molecule has 2 bridgehead atoms. The number of carbonyl (C=O) groups excluding carboxylic acids is 4. The van der Waals surface area contributed by atoms with Crippen molar-refractivity contribution in [3.05, 3.63) is 0 Å². The van der Waals surface area contributed by atoms with Crippen LogP contribution in [-0.4, -0.2) is 121 Å². The predicted molar refractivity (Wildman–Crippen MR) is 176 cm³/mol. The van der Waals surface area contributed by atoms with Crippen LogP contribution in [-0.2, 0) is 28.6 Å². The van der Waals surface area contributed by atoms with Crippen molar-refractivity contribution in [1.82, 2.24) is 20.0 Å². The van der Waals surface area contributed by atoms with Gasteiger partial charge in [-0.1, -0.05) is 13.8 Å². The monoisotopic (exact) mass is 712 g/mol. The van der Waals surface area contributed by atoms with Crippen molar-refractivity contribution in [3.8, 4) is 0 Å². The summed E-state index contributed by atoms with van der Waals surface area (Å²) in [6, 6.07) is -1.15. The summed E-state index contributed by atoms with van der Waals surface area (Å²) in [5.74, 6) is -3.17. The van der Waals surface area contributed by atoms with Crippen molar-refractivity contribution >= 4 is 23.8 Å². The number of hydrogen-bond donors (Lipinski definition) is 1. The van der Waals surface area contributed by atoms with Crippen LogP contribution in [0, 0.1) is 34.0 Å². The van der Waals surface area contributed by atoms with E-state index in [9.17, 15) is 32.3 Å². The first-order valence-electron chi connectivity index (χ1n) is 18.4. The molecule has 5 saturated heterocycles. The van der Waals surface area contributed by atoms with Gasteiger partial charge >= 0.3 is 12.3 Å². The van der Waals surface area contributed by atoms with Crippen LogP contribution in [0.1, 0.15) is 86.5 Å². The first-order chi connectivity index (χ1) is 23.2. The number of hydrogen-bond acceptors (Lipinski definition) is 7. The van der Waals surface area contributed by atoms with E-state index in [1.165, 1.54) is 9.80 Å². The van der Waals surface area contributed by atoms with Gasteiger partial charge in [-0.15, -0.1) is 0 Å². The summed E-state index contributed by atoms with van der Waals surface area (Å²) in [4.78, 5) is 59.6. The Morgan fingerprint density at radius 2 is 1.52 bits per heavy atom. The highest BCUT2D eigenvalue weighted by molar-refractivity contribution is 5.91. The van der Waals surface area contributed by atoms with Crippen LogP contribution < -0.4 is 5.32 Å². The molecule has 0 aromatic rings. The SMILES string of the molecule is C[C@@H](OCC12CCC(CC1)OC2)[C@H](NC(=O)[C@@H]1CN(C(=O)OC(C)(C)C)CC12CN(C(=O)[C@H]1CC1(C)C)C2)C(=O)N1CCC(C(F)(F)F)CC1. The average Bonchev–Trinajstić information content (AvgIpc) is 3.48. The molecule has 7 rings (SSSR count). The van der Waals surface area contributed by atoms with Gasteiger partial charge in [0, 0.05) is 56.0 Å². The number of halogens is 3. The van der Waals surface area contributed by atoms with Crippen molar-refractivity contribution in [2.24, 2.45) is 34.0 Å². The van der Waals surface area contributed by atoms with Gasteiger partial charge in [-0.25, -0.2) is 4.79 Å². The molecule has 5 aliphatic heterocycles. The molecule has 7 aliphatic rings. The fourth-order valence-electron chi connectivity index (χ4n) is 8.75. The standard InChI is InChI=1S/C36H55F3N4O7/c1-22(48-20-34-11-7-24(8-12-34)49-21-34)27(30(46)41-13-9-23(10-14-41)36(37,38)39)40-28(44)26-16-42(31(47)50-32(2,3)4)17-35(26)18-43(19-35)29(45)25-15-33(25,5)6/h22-27H,7-21H2,1-6H3,(H,40,44)/t22-,24?,25-,26+,27+,34?/m1/s1. The molecule has 1 spiro atoms. The normalized spacial score (nSPS) is 31.6. The third kappa shape index (κ3) is 7.61. The quantitative estimate of drug-likeness (QED) is 0.397. The molecule has 0 unspecified atom stereocenters. The minimum atomic E-state index is -4.33. The molecule has 2 aliphatic carbocycles. The van der Waals surface area contributed by atoms with Crippen LogP contribution in [0.3, 0.4) is 0 Å². The summed E-state index contributed by atoms with van der Waals surface area (Å²) < 4.78 is 58.3. The Balaban J connectivity index is 1.19. The van der Waals surface area contributed by atoms with Gasteiger partial charge in [-0.05, 0) is 78.1 Å². The lowest BCUT2D eigenvalue weighted by atomic mass is 9.70. The van der Waals surface area contributed by atoms with Gasteiger partial charge in [0.05, 0.1) is 37.3 Å². The predicted octanol–water partition coefficient (Wildman–Crippen LogP) is 4.38. The highest BCUT2D eigenvalue weighted by Crippen LogP contribution is 2.55. The molecule has 1 N–H and O–H groups in total. The number of ether oxygens (including phenoxy) is 3. The van der Waals surface area contributed by atoms with Crippen LogP contribution >= 0.6 is 0 Å². The molecular weight excluding hydrogens is 657 g/mol. The topological polar surface area (TPSA) is 118 Å². The fourth-order valence-corrected chi connectivity index (χ4v) is 8.75. The summed E-state index contributed by atoms with van der Waals surface area (Å²) in [6.45, 7) is 12.8. The summed E-state index contributed by atoms with van der Waals surface area (Å²) in [5, 5.41) is 2.96. The van der Waals surface area contributed by atoms with E-state index >= 15 is 0 Å². The Hall–Kier alpha value is -2.61. The van der Waals surface area contributed by atoms with Crippen molar-refractivity contribution < 1.29 is 46.6 Å². The summed E-state index contributed by atoms with van der Waals surface area (Å²) >= 11 is 0. The number of amides is 4. The Kier molecular flexibility index (Phi) is 9.74. The van der Waals surface area contributed by atoms with Gasteiger partial charge in [0.15, 0.2) is 0 Å². The minimum Gasteiger partial charge on any atom is -0.444 e. The van der Waals surface area contributed by atoms with Gasteiger partial charge in [-0.3, -0.25) is 14.4 Å². The van der Waals surface area contributed by atoms with Crippen LogP contribution in [0.15, 0.2) is 0 Å². The Labute approximate surface area is 293 Å². The van der Waals surface area contributed by atoms with Crippen molar-refractivity contribution in [2.75, 3.05) is 52.5 Å². The van der Waals surface area contributed by atoms with Gasteiger partial charge in [0.25, 0.3) is 0 Å². The lowest BCUT2D eigenvalue weighted by Crippen LogP contribution is -2.65. The van der Waals surface area contributed by atoms with Crippen molar-refractivity contribution in [2.45, 2.75) is 117 Å². The number of fused-ring (bicyclic) bond motifs is 3. The second-order valence-electron chi connectivity index (χ2n) is 17.9. The molecule has 0 aromatic carbocycles. The Bertz CT molecular complexity index is 1310. The zero-order valence-corrected chi connectivity index (χ0v) is 30.4. The molecule has 14 heteroatoms. The maximum Gasteiger partial charge on any atom is 0.410 e. The lowest BCUT2D eigenvalue weighted by Gasteiger charge is -2.50. The number of nitrogens with one attached hydrogen (secondary N) is 1. The maximum absolute atomic E-state index is 14.4. The number of likely N-dealkylation sites (tertiary alicyclic amines) is 3. The van der Waals surface area contributed by atoms with Gasteiger partial charge in [0.2, 0.25) is 17.7 Å². The molecule has 282 valence electrons. The molecule has 5 heterocycles. The fraction of sp³-hybridized carbons (Fsp3) is 0.889. The Morgan fingerprint density at radius 3 is 2.04 bits per heavy atom. The van der Waals surface area contributed by atoms with Crippen molar-refractivity contribution in [3.63, 3.8) is 0 Å². The number of rotatable bonds is 8. The molecule has 0 aromatic heterocycles. The zero-order valence-electron chi connectivity index (χ0n) is 30.4. The molecule has 11 nitrogen and oxygen atoms in total. The van der Waals surface area contributed by atoms with E-state index in [2.05, 4.69) is 19.2 Å². The summed E-state index contributed by atoms with van der Waals surface area (Å²) in [7, 11) is 0. The molecular formula is C36H55F3N4O7. The first kappa shape index (κ1) is 37.2. The second kappa shape index (κ2) is 13.1. The average molecular weight is 713 g/mol. The van der Waals surface area contributed by atoms with E-state index in [0.717, 1.165) is 32.1 Å². The van der Waals surface area contributed by atoms with Crippen LogP contribution in [0.5, 0.6) is 0 Å². The van der Waals surface area contributed by atoms with Gasteiger partial charge in [0.1, 0.15) is 11.6 Å². The molecule has 7 fully saturated rings. The van der Waals surface area contributed by atoms with Gasteiger partial charge in [-0.2, -0.15) is 13.2 Å². The Morgan fingerprint density at radius 1 is 0.920 bits per heavy atom. The number of alkyl halides is 3. The minimum absolute atomic E-state index is 0.0481. The third-order valence-electron chi connectivity index (χ3n) is 12.3. The van der Waals surface area contributed by atoms with Crippen LogP contribution in [0.25, 0.3) is 0 Å². The van der Waals surface area contributed by atoms with Crippen LogP contribution in [0.2, 0.25) is 0 Å². The largest absolute Gasteiger partial charge is 0.444 e. The van der Waals surface area contributed by atoms with E-state index in [4.69, 9.17) is 14.2 Å². The van der Waals surface area contributed by atoms with Crippen molar-refractivity contribution in [1.29, 1.82) is 0 Å². The highest BCUT2D eigenvalue weighted by Gasteiger charge is 2.62. The molecule has 4 amide bonds. The summed E-state index contributed by atoms with van der Waals surface area (Å²) in [6.07, 6.45) is -1.22. The van der Waals surface area contributed by atoms with E-state index in [0.29, 0.717) is 26.3 Å². The third-order valence-corrected chi connectivity index (χ3v) is 12.3. The summed E-state index contributed by atoms with van der Waals surface area (Å²) in [5.41, 5.74) is -1.71. The lowest BCUT2D eigenvalue weighted by molar-refractivity contribution is -0.187. The second-order valence-corrected chi connectivity index (χ2v) is 17.9. The number of piperidine rings is 1. The number of carbonyl (C=O) groups is 4. The molecule has 0 radical (unpaired) electrons. The van der Waals surface area contributed by atoms with Crippen LogP contribution in [0.4, 0.5) is 18.0 Å². The van der Waals surface area contributed by atoms with E-state index < -0.39 is 59.1 Å². The molecule has 4 atom stereocenters. The first-order valence-corrected chi connectivity index (χ1v) is 18.4. The van der Waals surface area contributed by atoms with E-state index in [-0.39, 0.29) is 67.8 Å². The zero-order chi connectivity index (χ0) is 36.4. The van der Waals surface area contributed by atoms with Gasteiger partial charge < -0.3 is 34.2 Å².